The molecular weight excluding hydrogens is 299 g/mol. The summed E-state index contributed by atoms with van der Waals surface area (Å²) in [4.78, 5) is 13.9. The van der Waals surface area contributed by atoms with E-state index in [1.807, 2.05) is 0 Å². The highest BCUT2D eigenvalue weighted by atomic mass is 35.5. The van der Waals surface area contributed by atoms with Crippen molar-refractivity contribution in [3.63, 3.8) is 0 Å². The van der Waals surface area contributed by atoms with E-state index in [4.69, 9.17) is 28.9 Å². The van der Waals surface area contributed by atoms with Crippen LogP contribution in [-0.2, 0) is 0 Å². The van der Waals surface area contributed by atoms with Crippen LogP contribution in [0.25, 0.3) is 0 Å². The number of nitrogens with zero attached hydrogens (tertiary/aromatic N) is 1. The van der Waals surface area contributed by atoms with Crippen LogP contribution in [0.4, 0.5) is 5.69 Å². The number of carbonyl (C=O) groups is 1. The molecule has 4 nitrogen and oxygen atoms in total. The molecule has 6 heteroatoms. The summed E-state index contributed by atoms with van der Waals surface area (Å²) in [5, 5.41) is 10.8. The molecule has 0 unspecified atom stereocenters. The van der Waals surface area contributed by atoms with Crippen molar-refractivity contribution in [2.24, 2.45) is 0 Å². The molecule has 3 N–H and O–H groups in total. The number of aliphatic hydroxyl groups is 1. The standard InChI is InChI=1S/C14H18Cl2N2O2/c1-18(8-14(20)4-2-3-5-14)13(19)10-6-9(17)7-11(15)12(10)16/h6-7,20H,2-5,8,17H2,1H3. The third kappa shape index (κ3) is 3.19. The molecule has 110 valence electrons. The van der Waals surface area contributed by atoms with Gasteiger partial charge in [-0.2, -0.15) is 0 Å². The van der Waals surface area contributed by atoms with Gasteiger partial charge in [-0.1, -0.05) is 36.0 Å². The summed E-state index contributed by atoms with van der Waals surface area (Å²) in [5.41, 5.74) is 5.55. The minimum absolute atomic E-state index is 0.191. The number of benzene rings is 1. The van der Waals surface area contributed by atoms with Gasteiger partial charge in [0.05, 0.1) is 21.2 Å². The van der Waals surface area contributed by atoms with Crippen LogP contribution < -0.4 is 5.73 Å². The number of amides is 1. The Kier molecular flexibility index (Phi) is 4.47. The van der Waals surface area contributed by atoms with Crippen molar-refractivity contribution in [3.05, 3.63) is 27.7 Å². The molecule has 0 bridgehead atoms. The first-order valence-electron chi connectivity index (χ1n) is 6.55. The van der Waals surface area contributed by atoms with Crippen LogP contribution in [0.15, 0.2) is 12.1 Å². The third-order valence-electron chi connectivity index (χ3n) is 3.69. The van der Waals surface area contributed by atoms with Crippen LogP contribution in [0, 0.1) is 0 Å². The Labute approximate surface area is 128 Å². The molecule has 1 saturated carbocycles. The van der Waals surface area contributed by atoms with Crippen LogP contribution in [0.5, 0.6) is 0 Å². The lowest BCUT2D eigenvalue weighted by molar-refractivity contribution is 0.0157. The van der Waals surface area contributed by atoms with Gasteiger partial charge in [0, 0.05) is 19.3 Å². The van der Waals surface area contributed by atoms with Gasteiger partial charge in [0.25, 0.3) is 5.91 Å². The van der Waals surface area contributed by atoms with Gasteiger partial charge in [-0.15, -0.1) is 0 Å². The second-order valence-electron chi connectivity index (χ2n) is 5.46. The molecule has 1 aromatic carbocycles. The summed E-state index contributed by atoms with van der Waals surface area (Å²) in [6.45, 7) is 0.286. The lowest BCUT2D eigenvalue weighted by atomic mass is 10.0. The molecule has 0 radical (unpaired) electrons. The van der Waals surface area contributed by atoms with Gasteiger partial charge in [-0.05, 0) is 25.0 Å². The third-order valence-corrected chi connectivity index (χ3v) is 4.50. The molecule has 0 aliphatic heterocycles. The summed E-state index contributed by atoms with van der Waals surface area (Å²) in [6.07, 6.45) is 3.42. The summed E-state index contributed by atoms with van der Waals surface area (Å²) in [6, 6.07) is 3.01. The Morgan fingerprint density at radius 3 is 2.60 bits per heavy atom. The molecule has 0 atom stereocenters. The second kappa shape index (κ2) is 5.80. The van der Waals surface area contributed by atoms with Crippen LogP contribution >= 0.6 is 23.2 Å². The van der Waals surface area contributed by atoms with E-state index < -0.39 is 5.60 Å². The number of hydrogen-bond donors (Lipinski definition) is 2. The highest BCUT2D eigenvalue weighted by molar-refractivity contribution is 6.44. The lowest BCUT2D eigenvalue weighted by Gasteiger charge is -2.29. The number of halogens is 2. The largest absolute Gasteiger partial charge is 0.399 e. The molecule has 2 rings (SSSR count). The van der Waals surface area contributed by atoms with Crippen molar-refractivity contribution in [2.45, 2.75) is 31.3 Å². The van der Waals surface area contributed by atoms with E-state index in [1.54, 1.807) is 7.05 Å². The maximum Gasteiger partial charge on any atom is 0.255 e. The number of nitrogen functional groups attached to an aromatic ring is 1. The molecular formula is C14H18Cl2N2O2. The molecule has 1 aromatic rings. The molecule has 1 fully saturated rings. The van der Waals surface area contributed by atoms with Crippen LogP contribution in [-0.4, -0.2) is 35.1 Å². The van der Waals surface area contributed by atoms with Gasteiger partial charge in [0.1, 0.15) is 0 Å². The molecule has 1 aliphatic carbocycles. The monoisotopic (exact) mass is 316 g/mol. The molecule has 0 aromatic heterocycles. The Morgan fingerprint density at radius 2 is 2.00 bits per heavy atom. The number of carbonyl (C=O) groups excluding carboxylic acids is 1. The SMILES string of the molecule is CN(CC1(O)CCCC1)C(=O)c1cc(N)cc(Cl)c1Cl. The summed E-state index contributed by atoms with van der Waals surface area (Å²) >= 11 is 12.0. The second-order valence-corrected chi connectivity index (χ2v) is 6.24. The van der Waals surface area contributed by atoms with Crippen LogP contribution in [0.1, 0.15) is 36.0 Å². The normalized spacial score (nSPS) is 17.2. The first-order valence-corrected chi connectivity index (χ1v) is 7.30. The van der Waals surface area contributed by atoms with E-state index >= 15 is 0 Å². The molecule has 0 heterocycles. The fourth-order valence-electron chi connectivity index (χ4n) is 2.68. The van der Waals surface area contributed by atoms with Crippen molar-refractivity contribution < 1.29 is 9.90 Å². The van der Waals surface area contributed by atoms with Crippen molar-refractivity contribution in [2.75, 3.05) is 19.3 Å². The van der Waals surface area contributed by atoms with Gasteiger partial charge < -0.3 is 15.7 Å². The Bertz CT molecular complexity index is 528. The van der Waals surface area contributed by atoms with E-state index in [0.717, 1.165) is 25.7 Å². The molecule has 0 spiro atoms. The van der Waals surface area contributed by atoms with E-state index in [2.05, 4.69) is 0 Å². The average Bonchev–Trinajstić information content (AvgIpc) is 2.79. The van der Waals surface area contributed by atoms with E-state index in [9.17, 15) is 9.90 Å². The zero-order valence-corrected chi connectivity index (χ0v) is 12.8. The predicted molar refractivity (Wildman–Crippen MR) is 81.3 cm³/mol. The topological polar surface area (TPSA) is 66.6 Å². The Hall–Kier alpha value is -0.970. The smallest absolute Gasteiger partial charge is 0.255 e. The summed E-state index contributed by atoms with van der Waals surface area (Å²) < 4.78 is 0. The summed E-state index contributed by atoms with van der Waals surface area (Å²) in [5.74, 6) is -0.287. The molecule has 20 heavy (non-hydrogen) atoms. The maximum atomic E-state index is 12.4. The molecule has 0 saturated heterocycles. The number of hydrogen-bond acceptors (Lipinski definition) is 3. The first-order chi connectivity index (χ1) is 9.32. The van der Waals surface area contributed by atoms with Crippen molar-refractivity contribution >= 4 is 34.8 Å². The van der Waals surface area contributed by atoms with Crippen molar-refractivity contribution in [3.8, 4) is 0 Å². The first kappa shape index (κ1) is 15.4. The summed E-state index contributed by atoms with van der Waals surface area (Å²) in [7, 11) is 1.64. The number of anilines is 1. The highest BCUT2D eigenvalue weighted by Gasteiger charge is 2.34. The minimum Gasteiger partial charge on any atom is -0.399 e. The van der Waals surface area contributed by atoms with E-state index in [-0.39, 0.29) is 28.1 Å². The van der Waals surface area contributed by atoms with E-state index in [1.165, 1.54) is 17.0 Å². The van der Waals surface area contributed by atoms with Crippen molar-refractivity contribution in [1.82, 2.24) is 4.90 Å². The quantitative estimate of drug-likeness (QED) is 0.842. The van der Waals surface area contributed by atoms with Crippen molar-refractivity contribution in [1.29, 1.82) is 0 Å². The predicted octanol–water partition coefficient (Wildman–Crippen LogP) is 2.95. The average molecular weight is 317 g/mol. The zero-order chi connectivity index (χ0) is 14.9. The molecule has 1 amide bonds. The van der Waals surface area contributed by atoms with Gasteiger partial charge >= 0.3 is 0 Å². The fourth-order valence-corrected chi connectivity index (χ4v) is 3.09. The number of rotatable bonds is 3. The lowest BCUT2D eigenvalue weighted by Crippen LogP contribution is -2.42. The van der Waals surface area contributed by atoms with Gasteiger partial charge in [-0.25, -0.2) is 0 Å². The van der Waals surface area contributed by atoms with Gasteiger partial charge in [-0.3, -0.25) is 4.79 Å². The highest BCUT2D eigenvalue weighted by Crippen LogP contribution is 2.32. The van der Waals surface area contributed by atoms with Crippen LogP contribution in [0.3, 0.4) is 0 Å². The number of nitrogens with two attached hydrogens (primary N) is 1. The Morgan fingerprint density at radius 1 is 1.40 bits per heavy atom. The van der Waals surface area contributed by atoms with Gasteiger partial charge in [0.15, 0.2) is 0 Å². The Balaban J connectivity index is 2.18. The molecule has 1 aliphatic rings. The minimum atomic E-state index is -0.791. The maximum absolute atomic E-state index is 12.4. The fraction of sp³-hybridized carbons (Fsp3) is 0.500. The van der Waals surface area contributed by atoms with Gasteiger partial charge in [0.2, 0.25) is 0 Å². The van der Waals surface area contributed by atoms with Crippen LogP contribution in [0.2, 0.25) is 10.0 Å². The zero-order valence-electron chi connectivity index (χ0n) is 11.3. The number of likely N-dealkylation sites (N-methyl/N-ethyl adjacent to an activating group) is 1. The van der Waals surface area contributed by atoms with E-state index in [0.29, 0.717) is 5.69 Å².